The van der Waals surface area contributed by atoms with Crippen LogP contribution >= 0.6 is 23.1 Å². The Labute approximate surface area is 274 Å². The Morgan fingerprint density at radius 3 is 2.59 bits per heavy atom. The molecule has 240 valence electrons. The summed E-state index contributed by atoms with van der Waals surface area (Å²) in [6.45, 7) is 5.02. The van der Waals surface area contributed by atoms with E-state index in [-0.39, 0.29) is 6.04 Å². The van der Waals surface area contributed by atoms with Crippen molar-refractivity contribution < 1.29 is 13.7 Å². The Morgan fingerprint density at radius 2 is 1.87 bits per heavy atom. The molecule has 0 amide bonds. The molecule has 1 atom stereocenters. The van der Waals surface area contributed by atoms with Crippen LogP contribution in [0.25, 0.3) is 22.2 Å². The summed E-state index contributed by atoms with van der Waals surface area (Å²) < 4.78 is 35.5. The van der Waals surface area contributed by atoms with Gasteiger partial charge in [0.1, 0.15) is 30.9 Å². The van der Waals surface area contributed by atoms with Gasteiger partial charge in [-0.1, -0.05) is 0 Å². The predicted octanol–water partition coefficient (Wildman–Crippen LogP) is 5.42. The third-order valence-corrected chi connectivity index (χ3v) is 10.1. The highest BCUT2D eigenvalue weighted by atomic mass is 79.9. The molecular formula is C31H35BrFN10O2P. The highest BCUT2D eigenvalue weighted by molar-refractivity contribution is 9.10. The lowest BCUT2D eigenvalue weighted by molar-refractivity contribution is 0.183. The van der Waals surface area contributed by atoms with Gasteiger partial charge in [0.2, 0.25) is 5.95 Å². The molecule has 46 heavy (non-hydrogen) atoms. The number of aromatic nitrogens is 6. The van der Waals surface area contributed by atoms with Gasteiger partial charge in [-0.05, 0) is 54.5 Å². The highest BCUT2D eigenvalue weighted by Crippen LogP contribution is 2.43. The first-order valence-electron chi connectivity index (χ1n) is 14.6. The summed E-state index contributed by atoms with van der Waals surface area (Å²) in [5.74, 6) is 1.35. The van der Waals surface area contributed by atoms with E-state index in [1.54, 1.807) is 43.7 Å². The molecule has 0 saturated carbocycles. The van der Waals surface area contributed by atoms with E-state index in [1.807, 2.05) is 50.8 Å². The summed E-state index contributed by atoms with van der Waals surface area (Å²) in [5.41, 5.74) is 5.25. The van der Waals surface area contributed by atoms with Crippen molar-refractivity contribution in [1.82, 2.24) is 34.6 Å². The first-order valence-corrected chi connectivity index (χ1v) is 18.0. The third kappa shape index (κ3) is 6.42. The second-order valence-electron chi connectivity index (χ2n) is 11.6. The van der Waals surface area contributed by atoms with Gasteiger partial charge in [0.25, 0.3) is 0 Å². The molecule has 6 rings (SSSR count). The molecule has 1 saturated heterocycles. The first kappa shape index (κ1) is 31.8. The van der Waals surface area contributed by atoms with E-state index in [1.165, 1.54) is 0 Å². The molecule has 1 aliphatic rings. The lowest BCUT2D eigenvalue weighted by Gasteiger charge is -2.40. The fourth-order valence-corrected chi connectivity index (χ4v) is 7.33. The van der Waals surface area contributed by atoms with E-state index < -0.39 is 13.8 Å². The molecule has 1 aliphatic heterocycles. The summed E-state index contributed by atoms with van der Waals surface area (Å²) in [4.78, 5) is 22.4. The zero-order valence-corrected chi connectivity index (χ0v) is 28.7. The van der Waals surface area contributed by atoms with Gasteiger partial charge in [0.05, 0.1) is 46.0 Å². The van der Waals surface area contributed by atoms with Crippen LogP contribution in [-0.2, 0) is 11.6 Å². The van der Waals surface area contributed by atoms with Crippen LogP contribution in [0.5, 0.6) is 5.75 Å². The lowest BCUT2D eigenvalue weighted by atomic mass is 10.0. The van der Waals surface area contributed by atoms with Crippen LogP contribution in [0.4, 0.5) is 33.2 Å². The maximum Gasteiger partial charge on any atom is 0.229 e. The number of hydrogen-bond donors (Lipinski definition) is 2. The summed E-state index contributed by atoms with van der Waals surface area (Å²) in [6.07, 6.45) is 8.60. The van der Waals surface area contributed by atoms with Crippen LogP contribution < -0.4 is 25.6 Å². The van der Waals surface area contributed by atoms with Gasteiger partial charge in [-0.2, -0.15) is 10.1 Å². The summed E-state index contributed by atoms with van der Waals surface area (Å²) in [7, 11) is 2.65. The third-order valence-electron chi connectivity index (χ3n) is 8.03. The van der Waals surface area contributed by atoms with Gasteiger partial charge < -0.3 is 24.8 Å². The molecule has 2 N–H and O–H groups in total. The molecule has 0 bridgehead atoms. The van der Waals surface area contributed by atoms with Crippen molar-refractivity contribution in [1.29, 1.82) is 0 Å². The van der Waals surface area contributed by atoms with Crippen molar-refractivity contribution in [3.63, 3.8) is 0 Å². The minimum Gasteiger partial charge on any atom is -0.494 e. The SMILES string of the molecule is COc1cc(N2CCN(C)C(CF)C2)c(-c2cnn(C)c2)cc1Nc1ncc(Br)c(Nc2ccc3nccnc3c2P(C)(C)=O)n1. The van der Waals surface area contributed by atoms with Crippen LogP contribution in [0.15, 0.2) is 59.7 Å². The zero-order chi connectivity index (χ0) is 32.6. The number of likely N-dealkylation sites (N-methyl/N-ethyl adjacent to an activating group) is 1. The Hall–Kier alpha value is -4.13. The van der Waals surface area contributed by atoms with Gasteiger partial charge in [0.15, 0.2) is 0 Å². The van der Waals surface area contributed by atoms with E-state index in [2.05, 4.69) is 56.4 Å². The van der Waals surface area contributed by atoms with E-state index in [9.17, 15) is 8.96 Å². The number of piperazine rings is 1. The Morgan fingerprint density at radius 1 is 1.07 bits per heavy atom. The fraction of sp³-hybridized carbons (Fsp3) is 0.323. The normalized spacial score (nSPS) is 15.7. The van der Waals surface area contributed by atoms with Crippen molar-refractivity contribution in [3.05, 3.63) is 59.7 Å². The van der Waals surface area contributed by atoms with Crippen LogP contribution in [0, 0.1) is 0 Å². The van der Waals surface area contributed by atoms with Gasteiger partial charge in [0, 0.05) is 74.3 Å². The number of aryl methyl sites for hydroxylation is 1. The summed E-state index contributed by atoms with van der Waals surface area (Å²) >= 11 is 3.56. The molecular weight excluding hydrogens is 674 g/mol. The standard InChI is InChI=1S/C31H35BrFN10O2P/c1-41-10-11-43(18-20(41)14-33)26-13-27(45-3)25(12-21(26)19-15-37-42(2)17-19)39-31-36-16-22(32)30(40-31)38-24-7-6-23-28(35-9-8-34-23)29(24)46(4,5)44/h6-9,12-13,15-17,20H,10-11,14,18H2,1-5H3,(H2,36,38,39,40). The van der Waals surface area contributed by atoms with Crippen molar-refractivity contribution in [2.75, 3.05) is 69.3 Å². The first-order chi connectivity index (χ1) is 22.0. The minimum absolute atomic E-state index is 0.203. The van der Waals surface area contributed by atoms with E-state index >= 15 is 0 Å². The smallest absolute Gasteiger partial charge is 0.229 e. The Kier molecular flexibility index (Phi) is 8.95. The number of benzene rings is 2. The molecule has 0 aliphatic carbocycles. The van der Waals surface area contributed by atoms with Gasteiger partial charge >= 0.3 is 0 Å². The molecule has 1 fully saturated rings. The van der Waals surface area contributed by atoms with Gasteiger partial charge in [-0.3, -0.25) is 19.5 Å². The Balaban J connectivity index is 1.38. The quantitative estimate of drug-likeness (QED) is 0.191. The number of rotatable bonds is 9. The number of alkyl halides is 1. The van der Waals surface area contributed by atoms with Gasteiger partial charge in [-0.15, -0.1) is 0 Å². The largest absolute Gasteiger partial charge is 0.494 e. The van der Waals surface area contributed by atoms with Crippen LogP contribution in [0.1, 0.15) is 0 Å². The summed E-state index contributed by atoms with van der Waals surface area (Å²) in [6, 6.07) is 7.41. The summed E-state index contributed by atoms with van der Waals surface area (Å²) in [5, 5.41) is 11.7. The highest BCUT2D eigenvalue weighted by Gasteiger charge is 2.28. The molecule has 2 aromatic carbocycles. The van der Waals surface area contributed by atoms with Crippen LogP contribution in [0.2, 0.25) is 0 Å². The maximum absolute atomic E-state index is 13.9. The topological polar surface area (TPSA) is 126 Å². The van der Waals surface area contributed by atoms with Crippen LogP contribution in [-0.4, -0.2) is 94.5 Å². The van der Waals surface area contributed by atoms with Crippen molar-refractivity contribution in [3.8, 4) is 16.9 Å². The fourth-order valence-electron chi connectivity index (χ4n) is 5.65. The molecule has 0 radical (unpaired) electrons. The number of nitrogens with zero attached hydrogens (tertiary/aromatic N) is 8. The minimum atomic E-state index is -2.78. The van der Waals surface area contributed by atoms with Crippen molar-refractivity contribution >= 4 is 68.2 Å². The maximum atomic E-state index is 13.9. The molecule has 4 heterocycles. The molecule has 5 aromatic rings. The monoisotopic (exact) mass is 708 g/mol. The number of ether oxygens (including phenoxy) is 1. The molecule has 12 nitrogen and oxygen atoms in total. The number of fused-ring (bicyclic) bond motifs is 1. The average Bonchev–Trinajstić information content (AvgIpc) is 3.48. The van der Waals surface area contributed by atoms with Crippen molar-refractivity contribution in [2.45, 2.75) is 6.04 Å². The molecule has 3 aromatic heterocycles. The molecule has 0 spiro atoms. The number of halogens is 2. The average molecular weight is 710 g/mol. The molecule has 15 heteroatoms. The van der Waals surface area contributed by atoms with E-state index in [0.717, 1.165) is 29.9 Å². The zero-order valence-electron chi connectivity index (χ0n) is 26.2. The van der Waals surface area contributed by atoms with E-state index in [4.69, 9.17) is 9.72 Å². The van der Waals surface area contributed by atoms with Gasteiger partial charge in [-0.25, -0.2) is 9.37 Å². The number of anilines is 5. The van der Waals surface area contributed by atoms with Crippen LogP contribution in [0.3, 0.4) is 0 Å². The number of nitrogens with one attached hydrogen (secondary N) is 2. The second-order valence-corrected chi connectivity index (χ2v) is 15.6. The number of hydrogen-bond acceptors (Lipinski definition) is 11. The number of methoxy groups -OCH3 is 1. The second kappa shape index (κ2) is 12.9. The predicted molar refractivity (Wildman–Crippen MR) is 185 cm³/mol. The molecule has 1 unspecified atom stereocenters. The Bertz CT molecular complexity index is 1950. The lowest BCUT2D eigenvalue weighted by Crippen LogP contribution is -2.52. The van der Waals surface area contributed by atoms with Crippen molar-refractivity contribution in [2.24, 2.45) is 7.05 Å². The van der Waals surface area contributed by atoms with E-state index in [0.29, 0.717) is 56.2 Å².